The number of hydrogen-bond acceptors (Lipinski definition) is 6. The highest BCUT2D eigenvalue weighted by atomic mass is 15.2. The molecular weight excluding hydrogens is 372 g/mol. The highest BCUT2D eigenvalue weighted by Crippen LogP contribution is 2.42. The molecule has 1 atom stereocenters. The standard InChI is InChI=1S/C24H30N6/c1-2-4-20-19(3-1)22(30-10-7-24(17-30)15-26-16-24)13-21(28-20)18-5-6-23(27-14-18)29-11-8-25-9-12-29/h1-6,13-14,21,25-26,28H,7-12,15-17H2. The van der Waals surface area contributed by atoms with E-state index in [4.69, 9.17) is 4.98 Å². The van der Waals surface area contributed by atoms with Crippen molar-refractivity contribution in [2.45, 2.75) is 12.5 Å². The van der Waals surface area contributed by atoms with E-state index < -0.39 is 0 Å². The fourth-order valence-corrected chi connectivity index (χ4v) is 5.31. The number of fused-ring (bicyclic) bond motifs is 1. The molecule has 0 amide bonds. The van der Waals surface area contributed by atoms with E-state index >= 15 is 0 Å². The normalized spacial score (nSPS) is 24.8. The van der Waals surface area contributed by atoms with Gasteiger partial charge in [0.1, 0.15) is 5.82 Å². The van der Waals surface area contributed by atoms with E-state index in [2.05, 4.69) is 74.4 Å². The summed E-state index contributed by atoms with van der Waals surface area (Å²) in [5.41, 5.74) is 5.63. The number of anilines is 2. The van der Waals surface area contributed by atoms with Gasteiger partial charge in [-0.15, -0.1) is 0 Å². The van der Waals surface area contributed by atoms with E-state index in [0.717, 1.165) is 58.2 Å². The van der Waals surface area contributed by atoms with Crippen LogP contribution in [0.4, 0.5) is 11.5 Å². The van der Waals surface area contributed by atoms with Crippen molar-refractivity contribution in [1.29, 1.82) is 0 Å². The molecule has 1 spiro atoms. The molecule has 30 heavy (non-hydrogen) atoms. The quantitative estimate of drug-likeness (QED) is 0.733. The van der Waals surface area contributed by atoms with E-state index in [1.807, 2.05) is 0 Å². The van der Waals surface area contributed by atoms with E-state index in [1.54, 1.807) is 0 Å². The van der Waals surface area contributed by atoms with Gasteiger partial charge in [-0.3, -0.25) is 0 Å². The Labute approximate surface area is 178 Å². The van der Waals surface area contributed by atoms with Crippen LogP contribution in [0.2, 0.25) is 0 Å². The first kappa shape index (κ1) is 18.2. The molecule has 1 aromatic heterocycles. The number of hydrogen-bond donors (Lipinski definition) is 3. The zero-order valence-corrected chi connectivity index (χ0v) is 17.4. The molecule has 6 rings (SSSR count). The average Bonchev–Trinajstić information content (AvgIpc) is 3.26. The molecule has 156 valence electrons. The Balaban J connectivity index is 1.29. The maximum atomic E-state index is 4.81. The highest BCUT2D eigenvalue weighted by Gasteiger charge is 2.44. The van der Waals surface area contributed by atoms with Gasteiger partial charge < -0.3 is 25.8 Å². The molecule has 1 aromatic carbocycles. The zero-order chi connectivity index (χ0) is 20.0. The van der Waals surface area contributed by atoms with Crippen LogP contribution in [0, 0.1) is 5.41 Å². The van der Waals surface area contributed by atoms with Crippen LogP contribution in [0.1, 0.15) is 23.6 Å². The molecule has 5 heterocycles. The van der Waals surface area contributed by atoms with Gasteiger partial charge >= 0.3 is 0 Å². The number of para-hydroxylation sites is 1. The molecule has 3 fully saturated rings. The van der Waals surface area contributed by atoms with Crippen molar-refractivity contribution < 1.29 is 0 Å². The minimum absolute atomic E-state index is 0.149. The lowest BCUT2D eigenvalue weighted by Gasteiger charge is -2.40. The van der Waals surface area contributed by atoms with Crippen molar-refractivity contribution >= 4 is 17.2 Å². The van der Waals surface area contributed by atoms with Crippen molar-refractivity contribution in [2.24, 2.45) is 5.41 Å². The van der Waals surface area contributed by atoms with Crippen LogP contribution in [0.5, 0.6) is 0 Å². The van der Waals surface area contributed by atoms with Crippen molar-refractivity contribution in [2.75, 3.05) is 62.6 Å². The topological polar surface area (TPSA) is 55.5 Å². The summed E-state index contributed by atoms with van der Waals surface area (Å²) in [7, 11) is 0. The van der Waals surface area contributed by atoms with Crippen LogP contribution in [-0.4, -0.2) is 62.2 Å². The summed E-state index contributed by atoms with van der Waals surface area (Å²) in [5.74, 6) is 1.08. The van der Waals surface area contributed by atoms with E-state index in [1.165, 1.54) is 28.9 Å². The molecule has 3 saturated heterocycles. The molecular formula is C24H30N6. The molecule has 1 unspecified atom stereocenters. The largest absolute Gasteiger partial charge is 0.374 e. The second-order valence-electron chi connectivity index (χ2n) is 9.18. The molecule has 4 aliphatic heterocycles. The van der Waals surface area contributed by atoms with Crippen molar-refractivity contribution in [3.8, 4) is 0 Å². The Morgan fingerprint density at radius 3 is 2.53 bits per heavy atom. The van der Waals surface area contributed by atoms with Crippen LogP contribution in [0.25, 0.3) is 5.70 Å². The Bertz CT molecular complexity index is 942. The van der Waals surface area contributed by atoms with Crippen LogP contribution < -0.4 is 20.9 Å². The summed E-state index contributed by atoms with van der Waals surface area (Å²) in [6, 6.07) is 13.3. The van der Waals surface area contributed by atoms with Crippen molar-refractivity contribution in [3.05, 3.63) is 59.8 Å². The molecule has 0 aliphatic carbocycles. The number of aromatic nitrogens is 1. The second kappa shape index (κ2) is 7.29. The van der Waals surface area contributed by atoms with E-state index in [9.17, 15) is 0 Å². The van der Waals surface area contributed by atoms with Gasteiger partial charge in [0, 0.05) is 80.9 Å². The molecule has 2 aromatic rings. The molecule has 6 nitrogen and oxygen atoms in total. The van der Waals surface area contributed by atoms with Crippen LogP contribution >= 0.6 is 0 Å². The maximum absolute atomic E-state index is 4.81. The molecule has 0 saturated carbocycles. The number of nitrogens with zero attached hydrogens (tertiary/aromatic N) is 3. The smallest absolute Gasteiger partial charge is 0.128 e. The van der Waals surface area contributed by atoms with E-state index in [-0.39, 0.29) is 6.04 Å². The van der Waals surface area contributed by atoms with Crippen LogP contribution in [0.3, 0.4) is 0 Å². The number of pyridine rings is 1. The lowest BCUT2D eigenvalue weighted by Crippen LogP contribution is -2.54. The van der Waals surface area contributed by atoms with Gasteiger partial charge in [-0.05, 0) is 30.2 Å². The average molecular weight is 403 g/mol. The zero-order valence-electron chi connectivity index (χ0n) is 17.4. The molecule has 4 aliphatic rings. The highest BCUT2D eigenvalue weighted by molar-refractivity contribution is 5.79. The number of piperazine rings is 1. The van der Waals surface area contributed by atoms with Gasteiger partial charge in [-0.2, -0.15) is 0 Å². The van der Waals surface area contributed by atoms with Crippen molar-refractivity contribution in [1.82, 2.24) is 20.5 Å². The monoisotopic (exact) mass is 402 g/mol. The van der Waals surface area contributed by atoms with Gasteiger partial charge in [0.25, 0.3) is 0 Å². The predicted octanol–water partition coefficient (Wildman–Crippen LogP) is 2.29. The SMILES string of the molecule is C1=C(N2CCC3(CNC3)C2)c2ccccc2NC1c1ccc(N2CCNCC2)nc1. The minimum Gasteiger partial charge on any atom is -0.374 e. The number of nitrogens with one attached hydrogen (secondary N) is 3. The Kier molecular flexibility index (Phi) is 4.43. The van der Waals surface area contributed by atoms with Gasteiger partial charge in [-0.1, -0.05) is 24.3 Å². The van der Waals surface area contributed by atoms with E-state index in [0.29, 0.717) is 5.41 Å². The fourth-order valence-electron chi connectivity index (χ4n) is 5.31. The Morgan fingerprint density at radius 2 is 1.80 bits per heavy atom. The lowest BCUT2D eigenvalue weighted by molar-refractivity contribution is 0.183. The summed E-state index contributed by atoms with van der Waals surface area (Å²) in [5, 5.41) is 10.6. The Hall–Kier alpha value is -2.57. The number of likely N-dealkylation sites (tertiary alicyclic amines) is 1. The van der Waals surface area contributed by atoms with Gasteiger partial charge in [0.05, 0.1) is 6.04 Å². The summed E-state index contributed by atoms with van der Waals surface area (Å²) < 4.78 is 0. The summed E-state index contributed by atoms with van der Waals surface area (Å²) in [6.07, 6.45) is 5.76. The minimum atomic E-state index is 0.149. The van der Waals surface area contributed by atoms with Gasteiger partial charge in [-0.25, -0.2) is 4.98 Å². The van der Waals surface area contributed by atoms with Crippen LogP contribution in [0.15, 0.2) is 48.7 Å². The maximum Gasteiger partial charge on any atom is 0.128 e. The number of rotatable bonds is 3. The molecule has 6 heteroatoms. The second-order valence-corrected chi connectivity index (χ2v) is 9.18. The summed E-state index contributed by atoms with van der Waals surface area (Å²) in [4.78, 5) is 9.78. The summed E-state index contributed by atoms with van der Waals surface area (Å²) >= 11 is 0. The van der Waals surface area contributed by atoms with Gasteiger partial charge in [0.2, 0.25) is 0 Å². The third-order valence-corrected chi connectivity index (χ3v) is 7.19. The first-order valence-electron chi connectivity index (χ1n) is 11.2. The fraction of sp³-hybridized carbons (Fsp3) is 0.458. The molecule has 0 radical (unpaired) electrons. The molecule has 3 N–H and O–H groups in total. The number of benzene rings is 1. The van der Waals surface area contributed by atoms with Gasteiger partial charge in [0.15, 0.2) is 0 Å². The predicted molar refractivity (Wildman–Crippen MR) is 122 cm³/mol. The summed E-state index contributed by atoms with van der Waals surface area (Å²) in [6.45, 7) is 8.75. The van der Waals surface area contributed by atoms with Crippen molar-refractivity contribution in [3.63, 3.8) is 0 Å². The Morgan fingerprint density at radius 1 is 0.933 bits per heavy atom. The third kappa shape index (κ3) is 3.15. The van der Waals surface area contributed by atoms with Crippen LogP contribution in [-0.2, 0) is 0 Å². The lowest BCUT2D eigenvalue weighted by atomic mass is 9.81. The third-order valence-electron chi connectivity index (χ3n) is 7.19. The molecule has 0 bridgehead atoms. The first-order valence-corrected chi connectivity index (χ1v) is 11.2. The first-order chi connectivity index (χ1) is 14.8.